The van der Waals surface area contributed by atoms with E-state index in [9.17, 15) is 0 Å². The normalized spacial score (nSPS) is 17.3. The molecule has 1 atom stereocenters. The third kappa shape index (κ3) is 8.42. The van der Waals surface area contributed by atoms with Crippen LogP contribution in [0.3, 0.4) is 0 Å². The fourth-order valence-electron chi connectivity index (χ4n) is 4.15. The summed E-state index contributed by atoms with van der Waals surface area (Å²) in [6.07, 6.45) is 15.4. The molecule has 0 aliphatic carbocycles. The van der Waals surface area contributed by atoms with Gasteiger partial charge in [-0.05, 0) is 12.0 Å². The molecule has 1 aliphatic rings. The van der Waals surface area contributed by atoms with Crippen LogP contribution in [0.1, 0.15) is 90.5 Å². The Kier molecular flexibility index (Phi) is 11.2. The first-order chi connectivity index (χ1) is 13.2. The Morgan fingerprint density at radius 2 is 1.48 bits per heavy atom. The van der Waals surface area contributed by atoms with Gasteiger partial charge in [0.1, 0.15) is 6.54 Å². The number of thioether (sulfide) groups is 1. The summed E-state index contributed by atoms with van der Waals surface area (Å²) in [6.45, 7) is 8.28. The van der Waals surface area contributed by atoms with Crippen LogP contribution in [0.15, 0.2) is 30.3 Å². The minimum atomic E-state index is 0.666. The fourth-order valence-corrected chi connectivity index (χ4v) is 5.55. The summed E-state index contributed by atoms with van der Waals surface area (Å²) in [6, 6.07) is 11.7. The lowest BCUT2D eigenvalue weighted by molar-refractivity contribution is -0.557. The Morgan fingerprint density at radius 3 is 2.07 bits per heavy atom. The smallest absolute Gasteiger partial charge is 0.213 e. The highest BCUT2D eigenvalue weighted by molar-refractivity contribution is 8.13. The zero-order chi connectivity index (χ0) is 19.3. The van der Waals surface area contributed by atoms with Crippen LogP contribution in [0.25, 0.3) is 0 Å². The van der Waals surface area contributed by atoms with Crippen molar-refractivity contribution in [2.45, 2.75) is 97.4 Å². The van der Waals surface area contributed by atoms with Crippen molar-refractivity contribution in [3.05, 3.63) is 35.9 Å². The van der Waals surface area contributed by atoms with Crippen molar-refractivity contribution in [1.29, 1.82) is 0 Å². The molecule has 0 saturated heterocycles. The summed E-state index contributed by atoms with van der Waals surface area (Å²) in [5.41, 5.74) is 1.49. The van der Waals surface area contributed by atoms with E-state index in [0.717, 1.165) is 0 Å². The summed E-state index contributed by atoms with van der Waals surface area (Å²) in [5, 5.41) is 1.63. The molecule has 27 heavy (non-hydrogen) atoms. The molecule has 1 aromatic carbocycles. The second kappa shape index (κ2) is 13.4. The maximum atomic E-state index is 2.76. The molecule has 0 aromatic heterocycles. The first-order valence-corrected chi connectivity index (χ1v) is 12.5. The Bertz CT molecular complexity index is 535. The molecule has 0 spiro atoms. The molecule has 152 valence electrons. The Labute approximate surface area is 173 Å². The van der Waals surface area contributed by atoms with Crippen LogP contribution in [0.4, 0.5) is 0 Å². The van der Waals surface area contributed by atoms with Gasteiger partial charge in [-0.3, -0.25) is 0 Å². The molecule has 2 heteroatoms. The highest BCUT2D eigenvalue weighted by atomic mass is 32.2. The largest absolute Gasteiger partial charge is 0.224 e. The Hall–Kier alpha value is -0.760. The minimum Gasteiger partial charge on any atom is -0.224 e. The van der Waals surface area contributed by atoms with Crippen LogP contribution in [0.2, 0.25) is 0 Å². The molecule has 0 N–H and O–H groups in total. The van der Waals surface area contributed by atoms with Crippen molar-refractivity contribution in [2.75, 3.05) is 12.3 Å². The van der Waals surface area contributed by atoms with Crippen LogP contribution in [-0.4, -0.2) is 28.0 Å². The predicted molar refractivity (Wildman–Crippen MR) is 123 cm³/mol. The maximum Gasteiger partial charge on any atom is 0.213 e. The van der Waals surface area contributed by atoms with E-state index in [2.05, 4.69) is 67.4 Å². The van der Waals surface area contributed by atoms with Crippen molar-refractivity contribution >= 4 is 16.8 Å². The van der Waals surface area contributed by atoms with Gasteiger partial charge >= 0.3 is 0 Å². The third-order valence-electron chi connectivity index (χ3n) is 5.71. The van der Waals surface area contributed by atoms with E-state index in [4.69, 9.17) is 0 Å². The van der Waals surface area contributed by atoms with Gasteiger partial charge in [0, 0.05) is 18.8 Å². The van der Waals surface area contributed by atoms with Crippen molar-refractivity contribution in [3.8, 4) is 0 Å². The molecule has 1 aromatic rings. The molecule has 0 bridgehead atoms. The number of benzene rings is 1. The number of hydrogen-bond acceptors (Lipinski definition) is 1. The highest BCUT2D eigenvalue weighted by Gasteiger charge is 2.34. The van der Waals surface area contributed by atoms with E-state index in [-0.39, 0.29) is 0 Å². The van der Waals surface area contributed by atoms with Gasteiger partial charge in [0.05, 0.1) is 5.75 Å². The van der Waals surface area contributed by atoms with E-state index in [0.29, 0.717) is 12.0 Å². The fraction of sp³-hybridized carbons (Fsp3) is 0.720. The second-order valence-electron chi connectivity index (χ2n) is 8.52. The standard InChI is InChI=1S/C25H42NS/c1-4-5-6-7-8-9-10-11-12-16-19-26-24(21-27-25(26)22(2)3)20-23-17-14-13-15-18-23/h13-15,17-18,22,24H,4-12,16,19-21H2,1-3H3/q+1/t24-/m0/s1. The molecule has 0 unspecified atom stereocenters. The van der Waals surface area contributed by atoms with Crippen molar-refractivity contribution in [1.82, 2.24) is 0 Å². The van der Waals surface area contributed by atoms with E-state index >= 15 is 0 Å². The number of hydrogen-bond donors (Lipinski definition) is 0. The molecule has 1 aliphatic heterocycles. The van der Waals surface area contributed by atoms with Gasteiger partial charge in [-0.25, -0.2) is 4.58 Å². The molecule has 0 radical (unpaired) electrons. The first-order valence-electron chi connectivity index (χ1n) is 11.5. The summed E-state index contributed by atoms with van der Waals surface area (Å²) >= 11 is 2.11. The average molecular weight is 389 g/mol. The molecule has 1 heterocycles. The van der Waals surface area contributed by atoms with Crippen LogP contribution >= 0.6 is 11.8 Å². The van der Waals surface area contributed by atoms with Crippen LogP contribution in [-0.2, 0) is 6.42 Å². The predicted octanol–water partition coefficient (Wildman–Crippen LogP) is 7.33. The van der Waals surface area contributed by atoms with Gasteiger partial charge in [-0.15, -0.1) is 0 Å². The van der Waals surface area contributed by atoms with E-state index in [1.54, 1.807) is 5.04 Å². The van der Waals surface area contributed by atoms with Gasteiger partial charge < -0.3 is 0 Å². The lowest BCUT2D eigenvalue weighted by atomic mass is 10.0. The van der Waals surface area contributed by atoms with E-state index in [1.807, 2.05) is 0 Å². The van der Waals surface area contributed by atoms with Gasteiger partial charge in [0.15, 0.2) is 6.04 Å². The topological polar surface area (TPSA) is 3.01 Å². The van der Waals surface area contributed by atoms with E-state index < -0.39 is 0 Å². The summed E-state index contributed by atoms with van der Waals surface area (Å²) < 4.78 is 2.76. The number of nitrogens with zero attached hydrogens (tertiary/aromatic N) is 1. The minimum absolute atomic E-state index is 0.666. The van der Waals surface area contributed by atoms with Crippen molar-refractivity contribution in [2.24, 2.45) is 5.92 Å². The quantitative estimate of drug-likeness (QED) is 0.238. The molecule has 0 fully saturated rings. The van der Waals surface area contributed by atoms with Gasteiger partial charge in [-0.2, -0.15) is 0 Å². The van der Waals surface area contributed by atoms with Gasteiger partial charge in [0.2, 0.25) is 5.04 Å². The Morgan fingerprint density at radius 1 is 0.889 bits per heavy atom. The number of unbranched alkanes of at least 4 members (excludes halogenated alkanes) is 9. The van der Waals surface area contributed by atoms with Crippen molar-refractivity contribution in [3.63, 3.8) is 0 Å². The maximum absolute atomic E-state index is 2.76. The zero-order valence-corrected chi connectivity index (χ0v) is 18.9. The summed E-state index contributed by atoms with van der Waals surface area (Å²) in [5.74, 6) is 1.93. The molecular formula is C25H42NS+. The average Bonchev–Trinajstić information content (AvgIpc) is 3.07. The molecule has 1 nitrogen and oxygen atoms in total. The zero-order valence-electron chi connectivity index (χ0n) is 18.1. The van der Waals surface area contributed by atoms with Crippen LogP contribution in [0.5, 0.6) is 0 Å². The summed E-state index contributed by atoms with van der Waals surface area (Å²) in [7, 11) is 0. The first kappa shape index (κ1) is 22.5. The van der Waals surface area contributed by atoms with Crippen LogP contribution < -0.4 is 0 Å². The number of rotatable bonds is 14. The second-order valence-corrected chi connectivity index (χ2v) is 9.56. The monoisotopic (exact) mass is 388 g/mol. The third-order valence-corrected chi connectivity index (χ3v) is 7.26. The summed E-state index contributed by atoms with van der Waals surface area (Å²) in [4.78, 5) is 0. The molecule has 0 saturated carbocycles. The SMILES string of the molecule is CCCCCCCCCCCC[N+]1=C(C(C)C)SC[C@@H]1Cc1ccccc1. The Balaban J connectivity index is 1.70. The van der Waals surface area contributed by atoms with Crippen LogP contribution in [0, 0.1) is 5.92 Å². The molecule has 0 amide bonds. The van der Waals surface area contributed by atoms with Gasteiger partial charge in [0.25, 0.3) is 0 Å². The van der Waals surface area contributed by atoms with Crippen molar-refractivity contribution < 1.29 is 4.58 Å². The lowest BCUT2D eigenvalue weighted by Crippen LogP contribution is -2.30. The lowest BCUT2D eigenvalue weighted by Gasteiger charge is -2.12. The molecular weight excluding hydrogens is 346 g/mol. The van der Waals surface area contributed by atoms with Gasteiger partial charge in [-0.1, -0.05) is 114 Å². The highest BCUT2D eigenvalue weighted by Crippen LogP contribution is 2.26. The molecule has 2 rings (SSSR count). The van der Waals surface area contributed by atoms with E-state index in [1.165, 1.54) is 88.5 Å².